The van der Waals surface area contributed by atoms with Crippen LogP contribution in [0, 0.1) is 0 Å². The summed E-state index contributed by atoms with van der Waals surface area (Å²) in [5, 5.41) is 9.88. The molecule has 1 heterocycles. The molecule has 0 saturated heterocycles. The van der Waals surface area contributed by atoms with E-state index in [1.807, 2.05) is 0 Å². The maximum absolute atomic E-state index is 9.88. The van der Waals surface area contributed by atoms with Gasteiger partial charge < -0.3 is 5.11 Å². The highest BCUT2D eigenvalue weighted by atomic mass is 16.3. The van der Waals surface area contributed by atoms with Crippen LogP contribution in [0.3, 0.4) is 0 Å². The molecule has 3 heteroatoms. The van der Waals surface area contributed by atoms with Crippen LogP contribution in [0.1, 0.15) is 219 Å². The first-order valence-electron chi connectivity index (χ1n) is 20.3. The predicted octanol–water partition coefficient (Wildman–Crippen LogP) is 12.7. The molecule has 0 aromatic heterocycles. The molecule has 0 aromatic carbocycles. The van der Waals surface area contributed by atoms with Gasteiger partial charge in [-0.3, -0.25) is 4.48 Å². The van der Waals surface area contributed by atoms with Crippen LogP contribution in [0.15, 0.2) is 4.99 Å². The molecule has 0 amide bonds. The van der Waals surface area contributed by atoms with E-state index in [1.165, 1.54) is 211 Å². The second-order valence-electron chi connectivity index (χ2n) is 14.3. The lowest BCUT2D eigenvalue weighted by Gasteiger charge is -2.34. The summed E-state index contributed by atoms with van der Waals surface area (Å²) < 4.78 is 1.01. The van der Waals surface area contributed by atoms with Crippen molar-refractivity contribution >= 4 is 5.84 Å². The van der Waals surface area contributed by atoms with Crippen LogP contribution < -0.4 is 0 Å². The average Bonchev–Trinajstić information content (AvgIpc) is 3.41. The first-order chi connectivity index (χ1) is 21.3. The number of aliphatic hydroxyl groups excluding tert-OH is 1. The summed E-state index contributed by atoms with van der Waals surface area (Å²) in [6.45, 7) is 9.11. The third-order valence-electron chi connectivity index (χ3n) is 10.3. The van der Waals surface area contributed by atoms with Crippen molar-refractivity contribution in [1.82, 2.24) is 0 Å². The summed E-state index contributed by atoms with van der Waals surface area (Å²) >= 11 is 0. The molecule has 1 unspecified atom stereocenters. The standard InChI is InChI=1S/C40H81N2O/c1-3-5-7-9-11-13-15-17-19-21-23-25-27-29-31-33-36-42(38-39-43)37-35-41-40(42)34-32-30-28-26-24-22-20-18-16-14-12-10-8-6-4-2/h43H,3-39H2,1-2H3/q+1. The third kappa shape index (κ3) is 23.6. The van der Waals surface area contributed by atoms with Crippen molar-refractivity contribution in [2.75, 3.05) is 32.8 Å². The van der Waals surface area contributed by atoms with Crippen molar-refractivity contribution in [2.24, 2.45) is 4.99 Å². The Morgan fingerprint density at radius 1 is 0.442 bits per heavy atom. The van der Waals surface area contributed by atoms with Gasteiger partial charge in [-0.25, -0.2) is 4.99 Å². The van der Waals surface area contributed by atoms with E-state index in [-0.39, 0.29) is 0 Å². The van der Waals surface area contributed by atoms with E-state index in [4.69, 9.17) is 4.99 Å². The number of aliphatic imine (C=N–C) groups is 1. The van der Waals surface area contributed by atoms with Crippen molar-refractivity contribution in [3.8, 4) is 0 Å². The van der Waals surface area contributed by atoms with Crippen molar-refractivity contribution < 1.29 is 9.59 Å². The molecular weight excluding hydrogens is 524 g/mol. The highest BCUT2D eigenvalue weighted by Gasteiger charge is 2.36. The van der Waals surface area contributed by atoms with Gasteiger partial charge in [0.15, 0.2) is 5.84 Å². The Morgan fingerprint density at radius 3 is 1.12 bits per heavy atom. The van der Waals surface area contributed by atoms with E-state index < -0.39 is 0 Å². The van der Waals surface area contributed by atoms with E-state index in [1.54, 1.807) is 0 Å². The molecule has 0 aliphatic carbocycles. The number of nitrogens with zero attached hydrogens (tertiary/aromatic N) is 2. The number of hydrogen-bond acceptors (Lipinski definition) is 2. The fraction of sp³-hybridized carbons (Fsp3) is 0.975. The van der Waals surface area contributed by atoms with Crippen LogP contribution in [0.4, 0.5) is 0 Å². The summed E-state index contributed by atoms with van der Waals surface area (Å²) in [7, 11) is 0. The topological polar surface area (TPSA) is 32.6 Å². The molecule has 1 N–H and O–H groups in total. The van der Waals surface area contributed by atoms with E-state index in [0.29, 0.717) is 6.61 Å². The maximum Gasteiger partial charge on any atom is 0.198 e. The van der Waals surface area contributed by atoms with Gasteiger partial charge >= 0.3 is 0 Å². The monoisotopic (exact) mass is 606 g/mol. The van der Waals surface area contributed by atoms with Crippen LogP contribution in [0.2, 0.25) is 0 Å². The zero-order valence-corrected chi connectivity index (χ0v) is 30.0. The van der Waals surface area contributed by atoms with Gasteiger partial charge in [0.2, 0.25) is 0 Å². The summed E-state index contributed by atoms with van der Waals surface area (Å²) in [6.07, 6.45) is 45.3. The van der Waals surface area contributed by atoms with Crippen LogP contribution in [0.25, 0.3) is 0 Å². The normalized spacial score (nSPS) is 16.8. The molecule has 1 atom stereocenters. The highest BCUT2D eigenvalue weighted by molar-refractivity contribution is 5.76. The Kier molecular flexibility index (Phi) is 29.8. The predicted molar refractivity (Wildman–Crippen MR) is 193 cm³/mol. The Morgan fingerprint density at radius 2 is 0.767 bits per heavy atom. The minimum absolute atomic E-state index is 0.302. The van der Waals surface area contributed by atoms with Crippen molar-refractivity contribution in [3.63, 3.8) is 0 Å². The number of quaternary nitrogens is 1. The fourth-order valence-electron chi connectivity index (χ4n) is 7.37. The lowest BCUT2D eigenvalue weighted by atomic mass is 10.0. The SMILES string of the molecule is CCCCCCCCCCCCCCCCCC[N+]1(CCO)CCN=C1CCCCCCCCCCCCCCCCC. The van der Waals surface area contributed by atoms with Crippen molar-refractivity contribution in [3.05, 3.63) is 0 Å². The number of hydrogen-bond donors (Lipinski definition) is 1. The molecule has 0 fully saturated rings. The molecular formula is C40H81N2O+. The molecule has 1 aliphatic heterocycles. The van der Waals surface area contributed by atoms with Gasteiger partial charge in [-0.15, -0.1) is 0 Å². The van der Waals surface area contributed by atoms with E-state index in [2.05, 4.69) is 13.8 Å². The van der Waals surface area contributed by atoms with Gasteiger partial charge in [0.05, 0.1) is 19.7 Å². The van der Waals surface area contributed by atoms with Gasteiger partial charge in [-0.05, 0) is 19.3 Å². The molecule has 3 nitrogen and oxygen atoms in total. The number of aliphatic hydroxyl groups is 1. The Hall–Kier alpha value is -0.410. The van der Waals surface area contributed by atoms with E-state index in [9.17, 15) is 5.11 Å². The average molecular weight is 606 g/mol. The molecule has 256 valence electrons. The Bertz CT molecular complexity index is 591. The molecule has 1 rings (SSSR count). The second kappa shape index (κ2) is 31.6. The van der Waals surface area contributed by atoms with Gasteiger partial charge in [0, 0.05) is 6.42 Å². The fourth-order valence-corrected chi connectivity index (χ4v) is 7.37. The summed E-state index contributed by atoms with van der Waals surface area (Å²) in [5.41, 5.74) is 0. The summed E-state index contributed by atoms with van der Waals surface area (Å²) in [6, 6.07) is 0. The molecule has 0 aromatic rings. The van der Waals surface area contributed by atoms with Crippen molar-refractivity contribution in [2.45, 2.75) is 219 Å². The number of amidine groups is 1. The molecule has 43 heavy (non-hydrogen) atoms. The molecule has 0 saturated carbocycles. The highest BCUT2D eigenvalue weighted by Crippen LogP contribution is 2.23. The van der Waals surface area contributed by atoms with Crippen LogP contribution in [0.5, 0.6) is 0 Å². The van der Waals surface area contributed by atoms with Crippen LogP contribution in [-0.4, -0.2) is 48.2 Å². The van der Waals surface area contributed by atoms with Gasteiger partial charge in [0.1, 0.15) is 13.1 Å². The lowest BCUT2D eigenvalue weighted by Crippen LogP contribution is -2.53. The van der Waals surface area contributed by atoms with Crippen molar-refractivity contribution in [1.29, 1.82) is 0 Å². The zero-order valence-electron chi connectivity index (χ0n) is 30.0. The van der Waals surface area contributed by atoms with Crippen LogP contribution >= 0.6 is 0 Å². The smallest absolute Gasteiger partial charge is 0.198 e. The second-order valence-corrected chi connectivity index (χ2v) is 14.3. The molecule has 1 aliphatic rings. The zero-order chi connectivity index (χ0) is 30.9. The summed E-state index contributed by atoms with van der Waals surface area (Å²) in [5.74, 6) is 1.42. The Labute approximate surface area is 272 Å². The Balaban J connectivity index is 1.98. The van der Waals surface area contributed by atoms with Gasteiger partial charge in [0.25, 0.3) is 0 Å². The molecule has 0 bridgehead atoms. The number of rotatable bonds is 35. The molecule has 0 radical (unpaired) electrons. The summed E-state index contributed by atoms with van der Waals surface area (Å²) in [4.78, 5) is 4.98. The first kappa shape index (κ1) is 40.6. The van der Waals surface area contributed by atoms with Gasteiger partial charge in [-0.1, -0.05) is 194 Å². The largest absolute Gasteiger partial charge is 0.390 e. The third-order valence-corrected chi connectivity index (χ3v) is 10.3. The molecule has 0 spiro atoms. The minimum atomic E-state index is 0.302. The minimum Gasteiger partial charge on any atom is -0.390 e. The van der Waals surface area contributed by atoms with Gasteiger partial charge in [-0.2, -0.15) is 0 Å². The van der Waals surface area contributed by atoms with E-state index in [0.717, 1.165) is 30.5 Å². The maximum atomic E-state index is 9.88. The van der Waals surface area contributed by atoms with Crippen LogP contribution in [-0.2, 0) is 0 Å². The quantitative estimate of drug-likeness (QED) is 0.0565. The first-order valence-corrected chi connectivity index (χ1v) is 20.3. The lowest BCUT2D eigenvalue weighted by molar-refractivity contribution is -0.837. The number of unbranched alkanes of at least 4 members (excludes halogenated alkanes) is 29. The van der Waals surface area contributed by atoms with E-state index >= 15 is 0 Å².